The van der Waals surface area contributed by atoms with E-state index >= 15 is 0 Å². The molecule has 0 unspecified atom stereocenters. The van der Waals surface area contributed by atoms with Crippen molar-refractivity contribution >= 4 is 6.21 Å². The second kappa shape index (κ2) is 8.68. The lowest BCUT2D eigenvalue weighted by molar-refractivity contribution is 0.211. The van der Waals surface area contributed by atoms with Gasteiger partial charge in [0.15, 0.2) is 11.5 Å². The number of nitrogens with zero attached hydrogens (tertiary/aromatic N) is 1. The van der Waals surface area contributed by atoms with Gasteiger partial charge in [-0.3, -0.25) is 0 Å². The molecule has 0 amide bonds. The summed E-state index contributed by atoms with van der Waals surface area (Å²) in [6.45, 7) is 2.87. The first-order valence-corrected chi connectivity index (χ1v) is 7.47. The lowest BCUT2D eigenvalue weighted by Crippen LogP contribution is -2.10. The van der Waals surface area contributed by atoms with E-state index < -0.39 is 0 Å². The van der Waals surface area contributed by atoms with Crippen LogP contribution in [0, 0.1) is 0 Å². The standard InChI is InChI=1S/C18H21NO4/c1-3-14-7-9-16(10-8-14)22-11-12-23-18-15(13-19-20)5-4-6-17(18)21-2/h4-10,13,20H,3,11-12H2,1-2H3. The Hall–Kier alpha value is -2.69. The highest BCUT2D eigenvalue weighted by atomic mass is 16.5. The normalized spacial score (nSPS) is 10.7. The van der Waals surface area contributed by atoms with Crippen LogP contribution in [0.3, 0.4) is 0 Å². The number of oxime groups is 1. The van der Waals surface area contributed by atoms with Gasteiger partial charge < -0.3 is 19.4 Å². The van der Waals surface area contributed by atoms with Gasteiger partial charge in [0.05, 0.1) is 13.3 Å². The molecule has 0 aliphatic carbocycles. The van der Waals surface area contributed by atoms with Crippen molar-refractivity contribution < 1.29 is 19.4 Å². The van der Waals surface area contributed by atoms with E-state index in [1.165, 1.54) is 11.8 Å². The first-order valence-electron chi connectivity index (χ1n) is 7.47. The minimum absolute atomic E-state index is 0.349. The lowest BCUT2D eigenvalue weighted by Gasteiger charge is -2.13. The summed E-state index contributed by atoms with van der Waals surface area (Å²) in [5.74, 6) is 1.91. The number of hydrogen-bond donors (Lipinski definition) is 1. The van der Waals surface area contributed by atoms with Gasteiger partial charge in [-0.2, -0.15) is 0 Å². The molecule has 5 heteroatoms. The van der Waals surface area contributed by atoms with Crippen molar-refractivity contribution in [3.8, 4) is 17.2 Å². The highest BCUT2D eigenvalue weighted by Crippen LogP contribution is 2.30. The highest BCUT2D eigenvalue weighted by Gasteiger charge is 2.09. The molecule has 0 bridgehead atoms. The molecule has 0 aliphatic rings. The molecule has 0 radical (unpaired) electrons. The number of para-hydroxylation sites is 1. The number of benzene rings is 2. The van der Waals surface area contributed by atoms with Crippen LogP contribution in [0.5, 0.6) is 17.2 Å². The zero-order valence-corrected chi connectivity index (χ0v) is 13.4. The fourth-order valence-electron chi connectivity index (χ4n) is 2.14. The van der Waals surface area contributed by atoms with Crippen molar-refractivity contribution in [2.45, 2.75) is 13.3 Å². The van der Waals surface area contributed by atoms with E-state index in [0.29, 0.717) is 30.3 Å². The third-order valence-corrected chi connectivity index (χ3v) is 3.36. The molecule has 0 heterocycles. The maximum Gasteiger partial charge on any atom is 0.170 e. The van der Waals surface area contributed by atoms with Crippen LogP contribution in [0.15, 0.2) is 47.6 Å². The van der Waals surface area contributed by atoms with E-state index in [1.54, 1.807) is 25.3 Å². The predicted octanol–water partition coefficient (Wildman–Crippen LogP) is 3.52. The molecule has 0 atom stereocenters. The topological polar surface area (TPSA) is 60.3 Å². The minimum Gasteiger partial charge on any atom is -0.493 e. The minimum atomic E-state index is 0.349. The van der Waals surface area contributed by atoms with Gasteiger partial charge in [0.1, 0.15) is 19.0 Å². The first-order chi connectivity index (χ1) is 11.3. The summed E-state index contributed by atoms with van der Waals surface area (Å²) in [6.07, 6.45) is 2.31. The molecule has 0 aromatic heterocycles. The number of ether oxygens (including phenoxy) is 3. The molecule has 2 rings (SSSR count). The maximum absolute atomic E-state index is 8.72. The predicted molar refractivity (Wildman–Crippen MR) is 89.2 cm³/mol. The molecule has 0 fully saturated rings. The van der Waals surface area contributed by atoms with Crippen molar-refractivity contribution in [2.24, 2.45) is 5.16 Å². The molecule has 0 aliphatic heterocycles. The average molecular weight is 315 g/mol. The summed E-state index contributed by atoms with van der Waals surface area (Å²) in [5, 5.41) is 11.8. The van der Waals surface area contributed by atoms with Gasteiger partial charge in [-0.15, -0.1) is 0 Å². The van der Waals surface area contributed by atoms with E-state index in [2.05, 4.69) is 12.1 Å². The lowest BCUT2D eigenvalue weighted by atomic mass is 10.2. The molecule has 0 saturated heterocycles. The average Bonchev–Trinajstić information content (AvgIpc) is 2.60. The number of aryl methyl sites for hydroxylation is 1. The van der Waals surface area contributed by atoms with Gasteiger partial charge in [-0.1, -0.05) is 30.3 Å². The van der Waals surface area contributed by atoms with Gasteiger partial charge >= 0.3 is 0 Å². The van der Waals surface area contributed by atoms with Crippen molar-refractivity contribution in [1.82, 2.24) is 0 Å². The van der Waals surface area contributed by atoms with Crippen LogP contribution in [0.4, 0.5) is 0 Å². The van der Waals surface area contributed by atoms with Crippen molar-refractivity contribution in [1.29, 1.82) is 0 Å². The van der Waals surface area contributed by atoms with E-state index in [9.17, 15) is 0 Å². The van der Waals surface area contributed by atoms with Crippen LogP contribution < -0.4 is 14.2 Å². The molecule has 2 aromatic carbocycles. The summed E-state index contributed by atoms with van der Waals surface area (Å²) in [7, 11) is 1.56. The summed E-state index contributed by atoms with van der Waals surface area (Å²) < 4.78 is 16.6. The fourth-order valence-corrected chi connectivity index (χ4v) is 2.14. The Balaban J connectivity index is 1.92. The second-order valence-corrected chi connectivity index (χ2v) is 4.82. The highest BCUT2D eigenvalue weighted by molar-refractivity contribution is 5.84. The van der Waals surface area contributed by atoms with Crippen LogP contribution in [-0.4, -0.2) is 31.7 Å². The Kier molecular flexibility index (Phi) is 6.29. The summed E-state index contributed by atoms with van der Waals surface area (Å²) in [6, 6.07) is 13.4. The summed E-state index contributed by atoms with van der Waals surface area (Å²) in [4.78, 5) is 0. The van der Waals surface area contributed by atoms with E-state index in [1.807, 2.05) is 24.3 Å². The van der Waals surface area contributed by atoms with Crippen molar-refractivity contribution in [3.05, 3.63) is 53.6 Å². The monoisotopic (exact) mass is 315 g/mol. The molecular weight excluding hydrogens is 294 g/mol. The Morgan fingerprint density at radius 1 is 1.04 bits per heavy atom. The van der Waals surface area contributed by atoms with Gasteiger partial charge in [0, 0.05) is 5.56 Å². The second-order valence-electron chi connectivity index (χ2n) is 4.82. The van der Waals surface area contributed by atoms with Crippen molar-refractivity contribution in [2.75, 3.05) is 20.3 Å². The molecular formula is C18H21NO4. The summed E-state index contributed by atoms with van der Waals surface area (Å²) >= 11 is 0. The molecule has 0 spiro atoms. The van der Waals surface area contributed by atoms with E-state index in [-0.39, 0.29) is 0 Å². The maximum atomic E-state index is 8.72. The smallest absolute Gasteiger partial charge is 0.170 e. The van der Waals surface area contributed by atoms with Gasteiger partial charge in [0.2, 0.25) is 0 Å². The third kappa shape index (κ3) is 4.64. The van der Waals surface area contributed by atoms with Crippen LogP contribution in [-0.2, 0) is 6.42 Å². The van der Waals surface area contributed by atoms with Crippen LogP contribution >= 0.6 is 0 Å². The Morgan fingerprint density at radius 2 is 1.78 bits per heavy atom. The van der Waals surface area contributed by atoms with Crippen LogP contribution in [0.25, 0.3) is 0 Å². The number of hydrogen-bond acceptors (Lipinski definition) is 5. The van der Waals surface area contributed by atoms with Gasteiger partial charge in [0.25, 0.3) is 0 Å². The Bertz CT molecular complexity index is 638. The third-order valence-electron chi connectivity index (χ3n) is 3.36. The van der Waals surface area contributed by atoms with E-state index in [0.717, 1.165) is 12.2 Å². The van der Waals surface area contributed by atoms with Gasteiger partial charge in [-0.05, 0) is 36.2 Å². The molecule has 1 N–H and O–H groups in total. The van der Waals surface area contributed by atoms with Gasteiger partial charge in [-0.25, -0.2) is 0 Å². The SMILES string of the molecule is CCc1ccc(OCCOc2c(C=NO)cccc2OC)cc1. The molecule has 5 nitrogen and oxygen atoms in total. The molecule has 2 aromatic rings. The molecule has 122 valence electrons. The number of rotatable bonds is 8. The van der Waals surface area contributed by atoms with Crippen molar-refractivity contribution in [3.63, 3.8) is 0 Å². The van der Waals surface area contributed by atoms with Crippen LogP contribution in [0.1, 0.15) is 18.1 Å². The van der Waals surface area contributed by atoms with Crippen LogP contribution in [0.2, 0.25) is 0 Å². The quantitative estimate of drug-likeness (QED) is 0.350. The Morgan fingerprint density at radius 3 is 2.43 bits per heavy atom. The fraction of sp³-hybridized carbons (Fsp3) is 0.278. The Labute approximate surface area is 136 Å². The van der Waals surface area contributed by atoms with E-state index in [4.69, 9.17) is 19.4 Å². The molecule has 23 heavy (non-hydrogen) atoms. The first kappa shape index (κ1) is 16.7. The largest absolute Gasteiger partial charge is 0.493 e. The number of methoxy groups -OCH3 is 1. The zero-order chi connectivity index (χ0) is 16.5. The summed E-state index contributed by atoms with van der Waals surface area (Å²) in [5.41, 5.74) is 1.91. The molecule has 0 saturated carbocycles. The zero-order valence-electron chi connectivity index (χ0n) is 13.4.